The normalized spacial score (nSPS) is 16.3. The second-order valence-corrected chi connectivity index (χ2v) is 8.04. The summed E-state index contributed by atoms with van der Waals surface area (Å²) in [5.41, 5.74) is 0. The highest BCUT2D eigenvalue weighted by Crippen LogP contribution is 2.38. The van der Waals surface area contributed by atoms with Gasteiger partial charge in [0.25, 0.3) is 0 Å². The number of carbonyl (C=O) groups excluding carboxylic acids is 2. The molecule has 1 saturated heterocycles. The maximum atomic E-state index is 11.8. The van der Waals surface area contributed by atoms with Gasteiger partial charge in [-0.1, -0.05) is 28.5 Å². The van der Waals surface area contributed by atoms with Gasteiger partial charge in [-0.15, -0.1) is 0 Å². The average Bonchev–Trinajstić information content (AvgIpc) is 3.06. The lowest BCUT2D eigenvalue weighted by molar-refractivity contribution is -0.149. The molecule has 0 aliphatic carbocycles. The van der Waals surface area contributed by atoms with E-state index >= 15 is 0 Å². The van der Waals surface area contributed by atoms with E-state index < -0.39 is 0 Å². The second kappa shape index (κ2) is 12.9. The van der Waals surface area contributed by atoms with Crippen LogP contribution >= 0.6 is 21.6 Å². The van der Waals surface area contributed by atoms with Crippen LogP contribution in [0, 0.1) is 11.8 Å². The van der Waals surface area contributed by atoms with Crippen LogP contribution in [0.4, 0.5) is 0 Å². The minimum Gasteiger partial charge on any atom is -0.465 e. The molecule has 0 aromatic heterocycles. The van der Waals surface area contributed by atoms with Crippen LogP contribution in [-0.2, 0) is 19.1 Å². The molecule has 1 rings (SSSR count). The number of hydrogen-bond donors (Lipinski definition) is 2. The van der Waals surface area contributed by atoms with Crippen molar-refractivity contribution >= 4 is 33.5 Å². The first-order chi connectivity index (χ1) is 11.2. The fourth-order valence-electron chi connectivity index (χ4n) is 2.06. The van der Waals surface area contributed by atoms with Crippen molar-refractivity contribution in [1.29, 1.82) is 0 Å². The van der Waals surface area contributed by atoms with Gasteiger partial charge in [0.1, 0.15) is 0 Å². The summed E-state index contributed by atoms with van der Waals surface area (Å²) in [6, 6.07) is 0. The Morgan fingerprint density at radius 3 is 2.30 bits per heavy atom. The topological polar surface area (TPSA) is 76.7 Å². The first-order valence-corrected chi connectivity index (χ1v) is 10.6. The van der Waals surface area contributed by atoms with E-state index in [0.717, 1.165) is 17.9 Å². The molecule has 0 saturated carbocycles. The smallest absolute Gasteiger partial charge is 0.307 e. The third-order valence-corrected chi connectivity index (χ3v) is 6.10. The van der Waals surface area contributed by atoms with E-state index in [0.29, 0.717) is 45.2 Å². The van der Waals surface area contributed by atoms with Crippen LogP contribution in [0.5, 0.6) is 0 Å². The van der Waals surface area contributed by atoms with Crippen molar-refractivity contribution in [2.45, 2.75) is 26.2 Å². The van der Waals surface area contributed by atoms with Gasteiger partial charge in [0.15, 0.2) is 0 Å². The van der Waals surface area contributed by atoms with Gasteiger partial charge in [-0.25, -0.2) is 0 Å². The molecule has 1 aliphatic rings. The summed E-state index contributed by atoms with van der Waals surface area (Å²) >= 11 is 0. The summed E-state index contributed by atoms with van der Waals surface area (Å²) in [7, 11) is 5.50. The highest BCUT2D eigenvalue weighted by molar-refractivity contribution is 8.77. The predicted molar refractivity (Wildman–Crippen MR) is 95.3 cm³/mol. The Bertz CT molecular complexity index is 352. The van der Waals surface area contributed by atoms with Crippen molar-refractivity contribution in [3.63, 3.8) is 0 Å². The molecule has 1 aliphatic heterocycles. The Labute approximate surface area is 146 Å². The van der Waals surface area contributed by atoms with Gasteiger partial charge in [-0.05, 0) is 19.4 Å². The predicted octanol–water partition coefficient (Wildman–Crippen LogP) is 1.66. The van der Waals surface area contributed by atoms with Gasteiger partial charge >= 0.3 is 11.9 Å². The van der Waals surface area contributed by atoms with E-state index in [-0.39, 0.29) is 17.9 Å². The molecule has 0 amide bonds. The number of esters is 2. The molecule has 23 heavy (non-hydrogen) atoms. The number of ether oxygens (including phenoxy) is 2. The van der Waals surface area contributed by atoms with Gasteiger partial charge in [-0.2, -0.15) is 0 Å². The summed E-state index contributed by atoms with van der Waals surface area (Å²) in [6.45, 7) is 3.88. The lowest BCUT2D eigenvalue weighted by Crippen LogP contribution is -2.31. The van der Waals surface area contributed by atoms with E-state index in [2.05, 4.69) is 10.6 Å². The van der Waals surface area contributed by atoms with E-state index in [9.17, 15) is 9.59 Å². The quantitative estimate of drug-likeness (QED) is 0.234. The molecule has 0 spiro atoms. The van der Waals surface area contributed by atoms with E-state index in [4.69, 9.17) is 9.47 Å². The molecule has 0 bridgehead atoms. The van der Waals surface area contributed by atoms with Crippen LogP contribution < -0.4 is 10.6 Å². The zero-order valence-electron chi connectivity index (χ0n) is 14.0. The van der Waals surface area contributed by atoms with Crippen LogP contribution in [0.1, 0.15) is 26.2 Å². The molecule has 2 N–H and O–H groups in total. The lowest BCUT2D eigenvalue weighted by Gasteiger charge is -2.22. The minimum atomic E-state index is -0.211. The summed E-state index contributed by atoms with van der Waals surface area (Å²) < 4.78 is 10.7. The molecule has 1 unspecified atom stereocenters. The van der Waals surface area contributed by atoms with Crippen LogP contribution in [0.25, 0.3) is 0 Å². The Balaban J connectivity index is 2.31. The first-order valence-electron chi connectivity index (χ1n) is 8.08. The number of nitrogens with one attached hydrogen (secondary N) is 2. The summed E-state index contributed by atoms with van der Waals surface area (Å²) in [5.74, 6) is 2.17. The molecule has 6 nitrogen and oxygen atoms in total. The van der Waals surface area contributed by atoms with E-state index in [1.807, 2.05) is 35.6 Å². The Morgan fingerprint density at radius 2 is 1.74 bits per heavy atom. The fourth-order valence-corrected chi connectivity index (χ4v) is 5.16. The Hall–Kier alpha value is -0.440. The van der Waals surface area contributed by atoms with Crippen molar-refractivity contribution in [3.8, 4) is 0 Å². The van der Waals surface area contributed by atoms with Crippen molar-refractivity contribution in [2.75, 3.05) is 45.0 Å². The number of hydrogen-bond acceptors (Lipinski definition) is 8. The zero-order chi connectivity index (χ0) is 16.9. The summed E-state index contributed by atoms with van der Waals surface area (Å²) in [5, 5.41) is 6.02. The lowest BCUT2D eigenvalue weighted by atomic mass is 9.97. The molecule has 0 radical (unpaired) electrons. The SMILES string of the molecule is CCCC(=O)OCC(COC(=O)CCNCNC)C1CSSC1. The molecule has 1 fully saturated rings. The van der Waals surface area contributed by atoms with Gasteiger partial charge in [0, 0.05) is 37.1 Å². The van der Waals surface area contributed by atoms with Gasteiger partial charge in [0.05, 0.1) is 19.6 Å². The summed E-state index contributed by atoms with van der Waals surface area (Å²) in [4.78, 5) is 23.3. The third kappa shape index (κ3) is 9.44. The van der Waals surface area contributed by atoms with Crippen LogP contribution in [0.3, 0.4) is 0 Å². The molecular weight excluding hydrogens is 336 g/mol. The fraction of sp³-hybridized carbons (Fsp3) is 0.867. The van der Waals surface area contributed by atoms with Gasteiger partial charge < -0.3 is 20.1 Å². The van der Waals surface area contributed by atoms with Crippen LogP contribution in [0.15, 0.2) is 0 Å². The molecular formula is C15H28N2O4S2. The zero-order valence-corrected chi connectivity index (χ0v) is 15.6. The standard InChI is InChI=1S/C15H28N2O4S2/c1-3-4-14(18)20-7-12(13-9-22-23-10-13)8-21-15(19)5-6-17-11-16-2/h12-13,16-17H,3-11H2,1-2H3. The third-order valence-electron chi connectivity index (χ3n) is 3.49. The highest BCUT2D eigenvalue weighted by Gasteiger charge is 2.28. The van der Waals surface area contributed by atoms with Crippen molar-refractivity contribution in [3.05, 3.63) is 0 Å². The number of carbonyl (C=O) groups is 2. The Morgan fingerprint density at radius 1 is 1.13 bits per heavy atom. The highest BCUT2D eigenvalue weighted by atomic mass is 33.1. The maximum Gasteiger partial charge on any atom is 0.307 e. The van der Waals surface area contributed by atoms with Crippen molar-refractivity contribution in [2.24, 2.45) is 11.8 Å². The largest absolute Gasteiger partial charge is 0.465 e. The molecule has 0 aromatic rings. The van der Waals surface area contributed by atoms with Crippen LogP contribution in [-0.4, -0.2) is 56.9 Å². The van der Waals surface area contributed by atoms with Crippen molar-refractivity contribution in [1.82, 2.24) is 10.6 Å². The van der Waals surface area contributed by atoms with E-state index in [1.165, 1.54) is 0 Å². The molecule has 1 atom stereocenters. The average molecular weight is 365 g/mol. The molecule has 134 valence electrons. The van der Waals surface area contributed by atoms with Gasteiger partial charge in [0.2, 0.25) is 0 Å². The molecule has 8 heteroatoms. The first kappa shape index (κ1) is 20.6. The second-order valence-electron chi connectivity index (χ2n) is 5.49. The molecule has 1 heterocycles. The number of rotatable bonds is 12. The monoisotopic (exact) mass is 364 g/mol. The Kier molecular flexibility index (Phi) is 11.6. The van der Waals surface area contributed by atoms with Crippen molar-refractivity contribution < 1.29 is 19.1 Å². The maximum absolute atomic E-state index is 11.8. The summed E-state index contributed by atoms with van der Waals surface area (Å²) in [6.07, 6.45) is 1.57. The minimum absolute atomic E-state index is 0.0903. The van der Waals surface area contributed by atoms with Crippen LogP contribution in [0.2, 0.25) is 0 Å². The van der Waals surface area contributed by atoms with Gasteiger partial charge in [-0.3, -0.25) is 9.59 Å². The van der Waals surface area contributed by atoms with E-state index in [1.54, 1.807) is 0 Å². The molecule has 0 aromatic carbocycles.